The molecule has 176 valence electrons. The minimum Gasteiger partial charge on any atom is -0.493 e. The summed E-state index contributed by atoms with van der Waals surface area (Å²) in [6.45, 7) is 0.0666. The zero-order valence-corrected chi connectivity index (χ0v) is 18.8. The van der Waals surface area contributed by atoms with Gasteiger partial charge in [0.2, 0.25) is 5.75 Å². The molecule has 0 spiro atoms. The average Bonchev–Trinajstić information content (AvgIpc) is 2.84. The van der Waals surface area contributed by atoms with Crippen molar-refractivity contribution >= 4 is 23.3 Å². The number of benzene rings is 2. The van der Waals surface area contributed by atoms with Crippen molar-refractivity contribution in [3.63, 3.8) is 0 Å². The SMILES string of the molecule is COc1cc(CCC(=O)OCC(=O)N2CCCc3cc([N+](=O)[O-])ccc32)cc(OC)c1OC. The first kappa shape index (κ1) is 23.8. The van der Waals surface area contributed by atoms with Crippen molar-refractivity contribution < 1.29 is 33.5 Å². The summed E-state index contributed by atoms with van der Waals surface area (Å²) in [5, 5.41) is 11.0. The monoisotopic (exact) mass is 458 g/mol. The van der Waals surface area contributed by atoms with Crippen LogP contribution in [0, 0.1) is 10.1 Å². The molecule has 0 fully saturated rings. The molecule has 1 aliphatic heterocycles. The van der Waals surface area contributed by atoms with Gasteiger partial charge in [0, 0.05) is 30.8 Å². The molecule has 33 heavy (non-hydrogen) atoms. The summed E-state index contributed by atoms with van der Waals surface area (Å²) in [5.74, 6) is 0.548. The number of methoxy groups -OCH3 is 3. The van der Waals surface area contributed by atoms with E-state index in [9.17, 15) is 19.7 Å². The highest BCUT2D eigenvalue weighted by Crippen LogP contribution is 2.38. The lowest BCUT2D eigenvalue weighted by Crippen LogP contribution is -2.38. The molecule has 1 amide bonds. The molecule has 10 heteroatoms. The summed E-state index contributed by atoms with van der Waals surface area (Å²) in [6, 6.07) is 7.93. The number of aryl methyl sites for hydroxylation is 2. The van der Waals surface area contributed by atoms with Gasteiger partial charge in [0.15, 0.2) is 18.1 Å². The Labute approximate surface area is 191 Å². The van der Waals surface area contributed by atoms with Gasteiger partial charge in [-0.15, -0.1) is 0 Å². The van der Waals surface area contributed by atoms with E-state index in [1.165, 1.54) is 38.4 Å². The Balaban J connectivity index is 1.58. The van der Waals surface area contributed by atoms with E-state index >= 15 is 0 Å². The summed E-state index contributed by atoms with van der Waals surface area (Å²) in [6.07, 6.45) is 1.75. The van der Waals surface area contributed by atoms with Crippen LogP contribution in [0.25, 0.3) is 0 Å². The van der Waals surface area contributed by atoms with Crippen LogP contribution in [-0.4, -0.2) is 51.3 Å². The molecule has 1 heterocycles. The maximum atomic E-state index is 12.7. The van der Waals surface area contributed by atoms with Crippen molar-refractivity contribution in [2.24, 2.45) is 0 Å². The summed E-state index contributed by atoms with van der Waals surface area (Å²) < 4.78 is 21.1. The summed E-state index contributed by atoms with van der Waals surface area (Å²) in [4.78, 5) is 37.0. The van der Waals surface area contributed by atoms with E-state index in [1.54, 1.807) is 18.2 Å². The molecule has 0 saturated carbocycles. The number of hydrogen-bond donors (Lipinski definition) is 0. The molecule has 1 aliphatic rings. The van der Waals surface area contributed by atoms with E-state index in [0.29, 0.717) is 48.7 Å². The van der Waals surface area contributed by atoms with Gasteiger partial charge in [-0.1, -0.05) is 0 Å². The van der Waals surface area contributed by atoms with Crippen LogP contribution in [0.2, 0.25) is 0 Å². The predicted octanol–water partition coefficient (Wildman–Crippen LogP) is 3.08. The topological polar surface area (TPSA) is 117 Å². The highest BCUT2D eigenvalue weighted by atomic mass is 16.6. The van der Waals surface area contributed by atoms with Crippen LogP contribution in [0.15, 0.2) is 30.3 Å². The van der Waals surface area contributed by atoms with Gasteiger partial charge in [-0.05, 0) is 48.6 Å². The third-order valence-corrected chi connectivity index (χ3v) is 5.39. The molecule has 0 bridgehead atoms. The third-order valence-electron chi connectivity index (χ3n) is 5.39. The number of rotatable bonds is 9. The molecule has 0 aromatic heterocycles. The van der Waals surface area contributed by atoms with Gasteiger partial charge >= 0.3 is 5.97 Å². The Morgan fingerprint density at radius 2 is 1.76 bits per heavy atom. The van der Waals surface area contributed by atoms with Gasteiger partial charge in [-0.25, -0.2) is 0 Å². The van der Waals surface area contributed by atoms with E-state index in [-0.39, 0.29) is 18.0 Å². The van der Waals surface area contributed by atoms with Crippen LogP contribution >= 0.6 is 0 Å². The number of non-ortho nitro benzene ring substituents is 1. The highest BCUT2D eigenvalue weighted by Gasteiger charge is 2.25. The maximum Gasteiger partial charge on any atom is 0.306 e. The van der Waals surface area contributed by atoms with Crippen LogP contribution in [0.5, 0.6) is 17.2 Å². The second-order valence-corrected chi connectivity index (χ2v) is 7.41. The minimum absolute atomic E-state index is 0.0127. The standard InChI is InChI=1S/C23H26N2O8/c1-30-19-11-15(12-20(31-2)23(19)32-3)6-9-22(27)33-14-21(26)24-10-4-5-16-13-17(25(28)29)7-8-18(16)24/h7-8,11-13H,4-6,9-10,14H2,1-3H3. The van der Waals surface area contributed by atoms with Crippen molar-refractivity contribution in [3.05, 3.63) is 51.6 Å². The third kappa shape index (κ3) is 5.51. The molecule has 0 unspecified atom stereocenters. The van der Waals surface area contributed by atoms with Crippen molar-refractivity contribution in [3.8, 4) is 17.2 Å². The second-order valence-electron chi connectivity index (χ2n) is 7.41. The minimum atomic E-state index is -0.516. The fraction of sp³-hybridized carbons (Fsp3) is 0.391. The molecule has 0 radical (unpaired) electrons. The Hall–Kier alpha value is -3.82. The summed E-state index contributed by atoms with van der Waals surface area (Å²) >= 11 is 0. The molecule has 2 aromatic rings. The van der Waals surface area contributed by atoms with Crippen molar-refractivity contribution in [2.45, 2.75) is 25.7 Å². The fourth-order valence-corrected chi connectivity index (χ4v) is 3.77. The number of esters is 1. The largest absolute Gasteiger partial charge is 0.493 e. The first-order valence-electron chi connectivity index (χ1n) is 10.4. The summed E-state index contributed by atoms with van der Waals surface area (Å²) in [7, 11) is 4.53. The Kier molecular flexibility index (Phi) is 7.70. The number of anilines is 1. The molecular weight excluding hydrogens is 432 g/mol. The van der Waals surface area contributed by atoms with Crippen LogP contribution in [0.4, 0.5) is 11.4 Å². The Morgan fingerprint density at radius 1 is 1.06 bits per heavy atom. The number of carbonyl (C=O) groups is 2. The first-order chi connectivity index (χ1) is 15.9. The highest BCUT2D eigenvalue weighted by molar-refractivity contribution is 5.96. The Morgan fingerprint density at radius 3 is 2.36 bits per heavy atom. The number of nitrogens with zero attached hydrogens (tertiary/aromatic N) is 2. The number of carbonyl (C=O) groups excluding carboxylic acids is 2. The lowest BCUT2D eigenvalue weighted by molar-refractivity contribution is -0.384. The molecule has 0 N–H and O–H groups in total. The number of ether oxygens (including phenoxy) is 4. The molecule has 10 nitrogen and oxygen atoms in total. The zero-order chi connectivity index (χ0) is 24.0. The number of amides is 1. The van der Waals surface area contributed by atoms with E-state index in [1.807, 2.05) is 0 Å². The van der Waals surface area contributed by atoms with E-state index in [4.69, 9.17) is 18.9 Å². The number of nitro benzene ring substituents is 1. The lowest BCUT2D eigenvalue weighted by Gasteiger charge is -2.29. The molecule has 0 atom stereocenters. The quantitative estimate of drug-likeness (QED) is 0.320. The van der Waals surface area contributed by atoms with Gasteiger partial charge in [0.1, 0.15) is 0 Å². The van der Waals surface area contributed by atoms with E-state index in [0.717, 1.165) is 11.1 Å². The maximum absolute atomic E-state index is 12.7. The molecule has 3 rings (SSSR count). The smallest absolute Gasteiger partial charge is 0.306 e. The lowest BCUT2D eigenvalue weighted by atomic mass is 10.0. The molecule has 0 aliphatic carbocycles. The molecule has 0 saturated heterocycles. The van der Waals surface area contributed by atoms with E-state index < -0.39 is 17.5 Å². The van der Waals surface area contributed by atoms with Gasteiger partial charge in [-0.3, -0.25) is 19.7 Å². The van der Waals surface area contributed by atoms with Gasteiger partial charge < -0.3 is 23.8 Å². The fourth-order valence-electron chi connectivity index (χ4n) is 3.77. The molecule has 2 aromatic carbocycles. The average molecular weight is 458 g/mol. The first-order valence-corrected chi connectivity index (χ1v) is 10.4. The van der Waals surface area contributed by atoms with Crippen LogP contribution < -0.4 is 19.1 Å². The normalized spacial score (nSPS) is 12.5. The van der Waals surface area contributed by atoms with E-state index in [2.05, 4.69) is 0 Å². The number of hydrogen-bond acceptors (Lipinski definition) is 8. The summed E-state index contributed by atoms with van der Waals surface area (Å²) in [5.41, 5.74) is 2.13. The van der Waals surface area contributed by atoms with Crippen LogP contribution in [0.1, 0.15) is 24.0 Å². The predicted molar refractivity (Wildman–Crippen MR) is 119 cm³/mol. The van der Waals surface area contributed by atoms with Gasteiger partial charge in [-0.2, -0.15) is 0 Å². The van der Waals surface area contributed by atoms with Crippen LogP contribution in [0.3, 0.4) is 0 Å². The van der Waals surface area contributed by atoms with Gasteiger partial charge in [0.25, 0.3) is 11.6 Å². The number of fused-ring (bicyclic) bond motifs is 1. The van der Waals surface area contributed by atoms with Crippen LogP contribution in [-0.2, 0) is 27.2 Å². The van der Waals surface area contributed by atoms with Crippen molar-refractivity contribution in [1.82, 2.24) is 0 Å². The second kappa shape index (κ2) is 10.7. The Bertz CT molecular complexity index is 1030. The van der Waals surface area contributed by atoms with Gasteiger partial charge in [0.05, 0.1) is 26.3 Å². The molecular formula is C23H26N2O8. The van der Waals surface area contributed by atoms with Crippen molar-refractivity contribution in [1.29, 1.82) is 0 Å². The number of nitro groups is 1. The van der Waals surface area contributed by atoms with Crippen molar-refractivity contribution in [2.75, 3.05) is 39.4 Å². The zero-order valence-electron chi connectivity index (χ0n) is 18.8.